The number of benzene rings is 1. The van der Waals surface area contributed by atoms with E-state index in [-0.39, 0.29) is 17.3 Å². The van der Waals surface area contributed by atoms with Crippen molar-refractivity contribution in [1.29, 1.82) is 0 Å². The molecule has 0 fully saturated rings. The van der Waals surface area contributed by atoms with Crippen LogP contribution in [0.1, 0.15) is 30.1 Å². The lowest BCUT2D eigenvalue weighted by molar-refractivity contribution is -0.383. The van der Waals surface area contributed by atoms with E-state index in [1.807, 2.05) is 0 Å². The van der Waals surface area contributed by atoms with Gasteiger partial charge in [-0.05, 0) is 18.6 Å². The minimum absolute atomic E-state index is 0.0261. The number of hydrogen-bond donors (Lipinski definition) is 2. The molecular formula is C13H19N3O4. The molecule has 0 aliphatic carbocycles. The van der Waals surface area contributed by atoms with Gasteiger partial charge in [0.15, 0.2) is 0 Å². The Morgan fingerprint density at radius 3 is 2.80 bits per heavy atom. The topological polar surface area (TPSA) is 107 Å². The van der Waals surface area contributed by atoms with Crippen LogP contribution >= 0.6 is 0 Å². The first-order chi connectivity index (χ1) is 9.56. The Bertz CT molecular complexity index is 477. The number of nitro benzene ring substituents is 1. The van der Waals surface area contributed by atoms with E-state index >= 15 is 0 Å². The highest BCUT2D eigenvalue weighted by molar-refractivity contribution is 5.95. The molecule has 0 bridgehead atoms. The van der Waals surface area contributed by atoms with Gasteiger partial charge in [-0.3, -0.25) is 14.9 Å². The van der Waals surface area contributed by atoms with E-state index in [0.717, 1.165) is 12.8 Å². The molecule has 0 radical (unpaired) electrons. The lowest BCUT2D eigenvalue weighted by Crippen LogP contribution is -2.27. The standard InChI is InChI=1S/C13H19N3O4/c1-2-3-7-20-8-6-15-13(17)10-4-5-12(16(18)19)11(14)9-10/h4-5,9H,2-3,6-8,14H2,1H3,(H,15,17). The fourth-order valence-electron chi connectivity index (χ4n) is 1.55. The molecular weight excluding hydrogens is 262 g/mol. The van der Waals surface area contributed by atoms with Crippen LogP contribution in [0.15, 0.2) is 18.2 Å². The summed E-state index contributed by atoms with van der Waals surface area (Å²) in [5.74, 6) is -0.328. The molecule has 0 saturated carbocycles. The van der Waals surface area contributed by atoms with Crippen LogP contribution < -0.4 is 11.1 Å². The fourth-order valence-corrected chi connectivity index (χ4v) is 1.55. The molecule has 1 aromatic rings. The third-order valence-electron chi connectivity index (χ3n) is 2.66. The van der Waals surface area contributed by atoms with Gasteiger partial charge in [-0.15, -0.1) is 0 Å². The fraction of sp³-hybridized carbons (Fsp3) is 0.462. The predicted molar refractivity (Wildman–Crippen MR) is 75.6 cm³/mol. The summed E-state index contributed by atoms with van der Waals surface area (Å²) in [5, 5.41) is 13.3. The Balaban J connectivity index is 2.44. The lowest BCUT2D eigenvalue weighted by Gasteiger charge is -2.07. The maximum atomic E-state index is 11.8. The van der Waals surface area contributed by atoms with E-state index < -0.39 is 4.92 Å². The van der Waals surface area contributed by atoms with Gasteiger partial charge in [-0.2, -0.15) is 0 Å². The molecule has 1 rings (SSSR count). The van der Waals surface area contributed by atoms with Crippen molar-refractivity contribution in [2.75, 3.05) is 25.5 Å². The van der Waals surface area contributed by atoms with Gasteiger partial charge in [0.2, 0.25) is 0 Å². The summed E-state index contributed by atoms with van der Waals surface area (Å²) < 4.78 is 5.31. The lowest BCUT2D eigenvalue weighted by atomic mass is 10.1. The van der Waals surface area contributed by atoms with Crippen LogP contribution in [0.2, 0.25) is 0 Å². The van der Waals surface area contributed by atoms with Crippen LogP contribution in [-0.2, 0) is 4.74 Å². The van der Waals surface area contributed by atoms with Crippen LogP contribution in [0.3, 0.4) is 0 Å². The zero-order valence-electron chi connectivity index (χ0n) is 11.4. The number of nitrogens with one attached hydrogen (secondary N) is 1. The Hall–Kier alpha value is -2.15. The second-order valence-electron chi connectivity index (χ2n) is 4.25. The summed E-state index contributed by atoms with van der Waals surface area (Å²) >= 11 is 0. The molecule has 0 heterocycles. The number of amides is 1. The second kappa shape index (κ2) is 8.11. The van der Waals surface area contributed by atoms with Crippen molar-refractivity contribution in [1.82, 2.24) is 5.32 Å². The maximum Gasteiger partial charge on any atom is 0.292 e. The van der Waals surface area contributed by atoms with Gasteiger partial charge >= 0.3 is 0 Å². The van der Waals surface area contributed by atoms with Gasteiger partial charge < -0.3 is 15.8 Å². The first-order valence-electron chi connectivity index (χ1n) is 6.46. The van der Waals surface area contributed by atoms with Crippen molar-refractivity contribution in [3.8, 4) is 0 Å². The van der Waals surface area contributed by atoms with Gasteiger partial charge in [-0.25, -0.2) is 0 Å². The number of ether oxygens (including phenoxy) is 1. The molecule has 0 aliphatic heterocycles. The number of carbonyl (C=O) groups is 1. The predicted octanol–water partition coefficient (Wildman–Crippen LogP) is 1.72. The highest BCUT2D eigenvalue weighted by atomic mass is 16.6. The van der Waals surface area contributed by atoms with Crippen molar-refractivity contribution in [3.05, 3.63) is 33.9 Å². The van der Waals surface area contributed by atoms with Crippen molar-refractivity contribution < 1.29 is 14.5 Å². The molecule has 110 valence electrons. The number of unbranched alkanes of at least 4 members (excludes halogenated alkanes) is 1. The number of nitrogen functional groups attached to an aromatic ring is 1. The van der Waals surface area contributed by atoms with E-state index in [1.54, 1.807) is 0 Å². The number of hydrogen-bond acceptors (Lipinski definition) is 5. The third-order valence-corrected chi connectivity index (χ3v) is 2.66. The molecule has 7 heteroatoms. The highest BCUT2D eigenvalue weighted by Crippen LogP contribution is 2.21. The van der Waals surface area contributed by atoms with E-state index in [9.17, 15) is 14.9 Å². The summed E-state index contributed by atoms with van der Waals surface area (Å²) in [6.07, 6.45) is 2.06. The first-order valence-corrected chi connectivity index (χ1v) is 6.46. The SMILES string of the molecule is CCCCOCCNC(=O)c1ccc([N+](=O)[O-])c(N)c1. The minimum atomic E-state index is -0.585. The van der Waals surface area contributed by atoms with Crippen LogP contribution in [0.25, 0.3) is 0 Å². The number of rotatable bonds is 8. The van der Waals surface area contributed by atoms with Crippen LogP contribution in [0, 0.1) is 10.1 Å². The van der Waals surface area contributed by atoms with Gasteiger partial charge in [0, 0.05) is 24.8 Å². The molecule has 3 N–H and O–H groups in total. The summed E-state index contributed by atoms with van der Waals surface area (Å²) in [7, 11) is 0. The normalized spacial score (nSPS) is 10.2. The molecule has 0 saturated heterocycles. The highest BCUT2D eigenvalue weighted by Gasteiger charge is 2.14. The van der Waals surface area contributed by atoms with Gasteiger partial charge in [-0.1, -0.05) is 13.3 Å². The van der Waals surface area contributed by atoms with Gasteiger partial charge in [0.1, 0.15) is 5.69 Å². The molecule has 0 spiro atoms. The van der Waals surface area contributed by atoms with Crippen molar-refractivity contribution in [2.45, 2.75) is 19.8 Å². The average molecular weight is 281 g/mol. The van der Waals surface area contributed by atoms with Crippen LogP contribution in [0.4, 0.5) is 11.4 Å². The third kappa shape index (κ3) is 4.85. The molecule has 1 amide bonds. The molecule has 0 unspecified atom stereocenters. The number of nitro groups is 1. The van der Waals surface area contributed by atoms with E-state index in [4.69, 9.17) is 10.5 Å². The van der Waals surface area contributed by atoms with Crippen LogP contribution in [-0.4, -0.2) is 30.6 Å². The Kier molecular flexibility index (Phi) is 6.45. The molecule has 0 aromatic heterocycles. The Morgan fingerprint density at radius 1 is 1.45 bits per heavy atom. The number of nitrogens with zero attached hydrogens (tertiary/aromatic N) is 1. The number of carbonyl (C=O) groups excluding carboxylic acids is 1. The summed E-state index contributed by atoms with van der Waals surface area (Å²) in [5.41, 5.74) is 5.59. The van der Waals surface area contributed by atoms with E-state index in [0.29, 0.717) is 25.3 Å². The molecule has 0 atom stereocenters. The first kappa shape index (κ1) is 15.9. The molecule has 0 aliphatic rings. The number of anilines is 1. The quantitative estimate of drug-likeness (QED) is 0.326. The van der Waals surface area contributed by atoms with Gasteiger partial charge in [0.25, 0.3) is 11.6 Å². The number of nitrogens with two attached hydrogens (primary N) is 1. The Morgan fingerprint density at radius 2 is 2.20 bits per heavy atom. The maximum absolute atomic E-state index is 11.8. The Labute approximate surface area is 117 Å². The molecule has 7 nitrogen and oxygen atoms in total. The average Bonchev–Trinajstić information content (AvgIpc) is 2.41. The minimum Gasteiger partial charge on any atom is -0.393 e. The monoisotopic (exact) mass is 281 g/mol. The van der Waals surface area contributed by atoms with Gasteiger partial charge in [0.05, 0.1) is 11.5 Å². The smallest absolute Gasteiger partial charge is 0.292 e. The van der Waals surface area contributed by atoms with Crippen LogP contribution in [0.5, 0.6) is 0 Å². The zero-order chi connectivity index (χ0) is 15.0. The summed E-state index contributed by atoms with van der Waals surface area (Å²) in [6.45, 7) is 3.58. The van der Waals surface area contributed by atoms with E-state index in [2.05, 4.69) is 12.2 Å². The summed E-state index contributed by atoms with van der Waals surface area (Å²) in [6, 6.07) is 3.90. The molecule has 1 aromatic carbocycles. The zero-order valence-corrected chi connectivity index (χ0v) is 11.4. The summed E-state index contributed by atoms with van der Waals surface area (Å²) in [4.78, 5) is 21.8. The van der Waals surface area contributed by atoms with Crippen molar-refractivity contribution in [2.24, 2.45) is 0 Å². The van der Waals surface area contributed by atoms with Crippen molar-refractivity contribution >= 4 is 17.3 Å². The second-order valence-corrected chi connectivity index (χ2v) is 4.25. The largest absolute Gasteiger partial charge is 0.393 e. The van der Waals surface area contributed by atoms with Crippen molar-refractivity contribution in [3.63, 3.8) is 0 Å². The molecule has 20 heavy (non-hydrogen) atoms. The van der Waals surface area contributed by atoms with E-state index in [1.165, 1.54) is 18.2 Å².